The molecule has 6 heteroatoms. The summed E-state index contributed by atoms with van der Waals surface area (Å²) in [6.45, 7) is 7.17. The first-order valence-corrected chi connectivity index (χ1v) is 8.78. The van der Waals surface area contributed by atoms with Gasteiger partial charge in [0.15, 0.2) is 5.65 Å². The summed E-state index contributed by atoms with van der Waals surface area (Å²) >= 11 is 0. The van der Waals surface area contributed by atoms with Crippen LogP contribution in [0, 0.1) is 19.8 Å². The average Bonchev–Trinajstić information content (AvgIpc) is 2.97. The summed E-state index contributed by atoms with van der Waals surface area (Å²) in [5.41, 5.74) is 2.95. The van der Waals surface area contributed by atoms with Gasteiger partial charge in [0.25, 0.3) is 5.91 Å². The summed E-state index contributed by atoms with van der Waals surface area (Å²) in [5.74, 6) is 0.465. The fourth-order valence-electron chi connectivity index (χ4n) is 3.43. The number of nitrogens with one attached hydrogen (secondary N) is 1. The Hall–Kier alpha value is -1.95. The molecule has 1 N–H and O–H groups in total. The molecule has 2 atom stereocenters. The number of rotatable bonds is 5. The normalized spacial score (nSPS) is 21.1. The van der Waals surface area contributed by atoms with Gasteiger partial charge in [-0.1, -0.05) is 19.8 Å². The highest BCUT2D eigenvalue weighted by atomic mass is 16.5. The molecule has 2 aromatic rings. The summed E-state index contributed by atoms with van der Waals surface area (Å²) < 4.78 is 7.63. The Morgan fingerprint density at radius 2 is 2.17 bits per heavy atom. The van der Waals surface area contributed by atoms with Gasteiger partial charge in [0.05, 0.1) is 18.9 Å². The molecule has 0 aliphatic heterocycles. The highest BCUT2D eigenvalue weighted by Crippen LogP contribution is 2.26. The van der Waals surface area contributed by atoms with E-state index in [1.165, 1.54) is 19.3 Å². The van der Waals surface area contributed by atoms with Crippen LogP contribution in [0.3, 0.4) is 0 Å². The molecule has 6 nitrogen and oxygen atoms in total. The summed E-state index contributed by atoms with van der Waals surface area (Å²) in [4.78, 5) is 16.8. The summed E-state index contributed by atoms with van der Waals surface area (Å²) in [5, 5.41) is 7.17. The van der Waals surface area contributed by atoms with Gasteiger partial charge in [-0.2, -0.15) is 5.10 Å². The Morgan fingerprint density at radius 3 is 2.96 bits per heavy atom. The maximum atomic E-state index is 12.4. The lowest BCUT2D eigenvalue weighted by Crippen LogP contribution is -2.31. The second kappa shape index (κ2) is 7.30. The predicted octanol–water partition coefficient (Wildman–Crippen LogP) is 2.67. The zero-order chi connectivity index (χ0) is 17.1. The Balaban J connectivity index is 1.56. The Bertz CT molecular complexity index is 725. The monoisotopic (exact) mass is 330 g/mol. The number of hydrogen-bond donors (Lipinski definition) is 1. The molecule has 1 fully saturated rings. The van der Waals surface area contributed by atoms with Crippen molar-refractivity contribution >= 4 is 11.6 Å². The number of nitrogens with zero attached hydrogens (tertiary/aromatic N) is 3. The van der Waals surface area contributed by atoms with Gasteiger partial charge in [0.2, 0.25) is 0 Å². The van der Waals surface area contributed by atoms with Crippen LogP contribution in [0.5, 0.6) is 0 Å². The molecular formula is C18H26N4O2. The van der Waals surface area contributed by atoms with Crippen LogP contribution in [-0.4, -0.2) is 39.8 Å². The van der Waals surface area contributed by atoms with Crippen LogP contribution < -0.4 is 5.32 Å². The van der Waals surface area contributed by atoms with Crippen molar-refractivity contribution in [3.05, 3.63) is 29.2 Å². The third kappa shape index (κ3) is 3.59. The molecule has 2 heterocycles. The number of amides is 1. The van der Waals surface area contributed by atoms with Gasteiger partial charge in [-0.3, -0.25) is 4.79 Å². The summed E-state index contributed by atoms with van der Waals surface area (Å²) in [7, 11) is 0. The lowest BCUT2D eigenvalue weighted by atomic mass is 9.88. The first-order chi connectivity index (χ1) is 11.6. The van der Waals surface area contributed by atoms with E-state index in [0.29, 0.717) is 36.4 Å². The first kappa shape index (κ1) is 16.9. The van der Waals surface area contributed by atoms with E-state index in [0.717, 1.165) is 17.8 Å². The molecule has 1 amide bonds. The van der Waals surface area contributed by atoms with Crippen molar-refractivity contribution in [2.45, 2.75) is 52.6 Å². The fourth-order valence-corrected chi connectivity index (χ4v) is 3.43. The topological polar surface area (TPSA) is 68.5 Å². The van der Waals surface area contributed by atoms with Crippen LogP contribution in [0.2, 0.25) is 0 Å². The van der Waals surface area contributed by atoms with Gasteiger partial charge in [0.1, 0.15) is 5.56 Å². The molecule has 2 unspecified atom stereocenters. The summed E-state index contributed by atoms with van der Waals surface area (Å²) in [6.07, 6.45) is 6.83. The van der Waals surface area contributed by atoms with Crippen LogP contribution >= 0.6 is 0 Å². The number of aryl methyl sites for hydroxylation is 2. The predicted molar refractivity (Wildman–Crippen MR) is 92.2 cm³/mol. The lowest BCUT2D eigenvalue weighted by molar-refractivity contribution is -0.00293. The number of hydrogen-bond acceptors (Lipinski definition) is 4. The van der Waals surface area contributed by atoms with Crippen molar-refractivity contribution in [2.24, 2.45) is 5.92 Å². The van der Waals surface area contributed by atoms with E-state index in [9.17, 15) is 4.79 Å². The number of ether oxygens (including phenoxy) is 1. The van der Waals surface area contributed by atoms with Gasteiger partial charge in [-0.15, -0.1) is 0 Å². The third-order valence-corrected chi connectivity index (χ3v) is 4.77. The van der Waals surface area contributed by atoms with E-state index in [-0.39, 0.29) is 5.91 Å². The molecule has 0 saturated heterocycles. The molecule has 24 heavy (non-hydrogen) atoms. The minimum absolute atomic E-state index is 0.150. The molecule has 0 aromatic carbocycles. The lowest BCUT2D eigenvalue weighted by Gasteiger charge is -2.28. The van der Waals surface area contributed by atoms with Gasteiger partial charge in [-0.05, 0) is 38.7 Å². The molecule has 1 aliphatic rings. The van der Waals surface area contributed by atoms with Crippen molar-refractivity contribution < 1.29 is 9.53 Å². The van der Waals surface area contributed by atoms with E-state index >= 15 is 0 Å². The molecule has 130 valence electrons. The zero-order valence-electron chi connectivity index (χ0n) is 14.7. The van der Waals surface area contributed by atoms with Crippen LogP contribution in [0.15, 0.2) is 12.3 Å². The average molecular weight is 330 g/mol. The minimum Gasteiger partial charge on any atom is -0.376 e. The van der Waals surface area contributed by atoms with E-state index in [2.05, 4.69) is 22.3 Å². The molecule has 0 radical (unpaired) electrons. The first-order valence-electron chi connectivity index (χ1n) is 8.78. The van der Waals surface area contributed by atoms with Crippen molar-refractivity contribution in [1.29, 1.82) is 0 Å². The van der Waals surface area contributed by atoms with Gasteiger partial charge in [-0.25, -0.2) is 9.50 Å². The second-order valence-electron chi connectivity index (χ2n) is 6.76. The molecule has 0 spiro atoms. The van der Waals surface area contributed by atoms with Crippen LogP contribution in [-0.2, 0) is 4.74 Å². The highest BCUT2D eigenvalue weighted by molar-refractivity contribution is 5.99. The van der Waals surface area contributed by atoms with Crippen LogP contribution in [0.1, 0.15) is 54.4 Å². The maximum Gasteiger partial charge on any atom is 0.256 e. The Morgan fingerprint density at radius 1 is 1.38 bits per heavy atom. The minimum atomic E-state index is -0.150. The van der Waals surface area contributed by atoms with Crippen molar-refractivity contribution in [3.8, 4) is 0 Å². The van der Waals surface area contributed by atoms with E-state index in [1.54, 1.807) is 10.7 Å². The van der Waals surface area contributed by atoms with Gasteiger partial charge < -0.3 is 10.1 Å². The highest BCUT2D eigenvalue weighted by Gasteiger charge is 2.21. The number of carbonyl (C=O) groups excluding carboxylic acids is 1. The largest absolute Gasteiger partial charge is 0.376 e. The standard InChI is InChI=1S/C18H26N4O2/c1-12-6-4-5-7-16(12)24-9-8-19-18(23)15-11-20-22-14(3)10-13(2)21-17(15)22/h10-12,16H,4-9H2,1-3H3,(H,19,23). The van der Waals surface area contributed by atoms with Crippen molar-refractivity contribution in [1.82, 2.24) is 19.9 Å². The molecule has 0 bridgehead atoms. The molecule has 1 saturated carbocycles. The second-order valence-corrected chi connectivity index (χ2v) is 6.76. The molecule has 1 aliphatic carbocycles. The van der Waals surface area contributed by atoms with E-state index in [1.807, 2.05) is 19.9 Å². The molecular weight excluding hydrogens is 304 g/mol. The summed E-state index contributed by atoms with van der Waals surface area (Å²) in [6, 6.07) is 1.95. The molecule has 3 rings (SSSR count). The van der Waals surface area contributed by atoms with E-state index < -0.39 is 0 Å². The van der Waals surface area contributed by atoms with Crippen molar-refractivity contribution in [2.75, 3.05) is 13.2 Å². The zero-order valence-corrected chi connectivity index (χ0v) is 14.7. The Labute approximate surface area is 142 Å². The third-order valence-electron chi connectivity index (χ3n) is 4.77. The number of aromatic nitrogens is 3. The van der Waals surface area contributed by atoms with Gasteiger partial charge >= 0.3 is 0 Å². The van der Waals surface area contributed by atoms with E-state index in [4.69, 9.17) is 4.74 Å². The maximum absolute atomic E-state index is 12.4. The van der Waals surface area contributed by atoms with Crippen molar-refractivity contribution in [3.63, 3.8) is 0 Å². The quantitative estimate of drug-likeness (QED) is 0.856. The fraction of sp³-hybridized carbons (Fsp3) is 0.611. The number of fused-ring (bicyclic) bond motifs is 1. The number of carbonyl (C=O) groups is 1. The van der Waals surface area contributed by atoms with Crippen LogP contribution in [0.4, 0.5) is 0 Å². The smallest absolute Gasteiger partial charge is 0.256 e. The Kier molecular flexibility index (Phi) is 5.14. The SMILES string of the molecule is Cc1cc(C)n2ncc(C(=O)NCCOC3CCCCC3C)c2n1. The molecule has 2 aromatic heterocycles. The van der Waals surface area contributed by atoms with Crippen LogP contribution in [0.25, 0.3) is 5.65 Å². The van der Waals surface area contributed by atoms with Gasteiger partial charge in [0, 0.05) is 17.9 Å².